The summed E-state index contributed by atoms with van der Waals surface area (Å²) in [5.41, 5.74) is 0.657. The molecule has 1 fully saturated rings. The second-order valence-electron chi connectivity index (χ2n) is 6.41. The van der Waals surface area contributed by atoms with Crippen LogP contribution in [-0.2, 0) is 6.18 Å². The van der Waals surface area contributed by atoms with E-state index in [-0.39, 0.29) is 5.91 Å². The van der Waals surface area contributed by atoms with Crippen LogP contribution in [0.2, 0.25) is 0 Å². The number of carbonyl (C=O) groups is 1. The Hall–Kier alpha value is -2.16. The number of alkyl halides is 3. The first-order valence-electron chi connectivity index (χ1n) is 8.44. The Kier molecular flexibility index (Phi) is 5.69. The molecule has 0 aliphatic carbocycles. The standard InChI is InChI=1S/C18H18BrF3N4O/c1-12-7-13(10-23-9-12)17(27)26-4-2-3-25(5-6-26)16-15(19)8-14(11-24-16)18(20,21)22/h7-11H,2-6H2,1H3. The molecule has 5 nitrogen and oxygen atoms in total. The molecule has 2 aromatic heterocycles. The van der Waals surface area contributed by atoms with Gasteiger partial charge in [-0.3, -0.25) is 9.78 Å². The van der Waals surface area contributed by atoms with Gasteiger partial charge in [0.05, 0.1) is 15.6 Å². The number of amides is 1. The Morgan fingerprint density at radius 2 is 1.89 bits per heavy atom. The highest BCUT2D eigenvalue weighted by Crippen LogP contribution is 2.34. The summed E-state index contributed by atoms with van der Waals surface area (Å²) in [6, 6.07) is 2.83. The number of rotatable bonds is 2. The van der Waals surface area contributed by atoms with Crippen molar-refractivity contribution >= 4 is 27.7 Å². The molecule has 0 atom stereocenters. The zero-order chi connectivity index (χ0) is 19.6. The fraction of sp³-hybridized carbons (Fsp3) is 0.389. The number of anilines is 1. The summed E-state index contributed by atoms with van der Waals surface area (Å²) < 4.78 is 38.7. The average molecular weight is 443 g/mol. The van der Waals surface area contributed by atoms with Crippen molar-refractivity contribution in [1.82, 2.24) is 14.9 Å². The summed E-state index contributed by atoms with van der Waals surface area (Å²) in [4.78, 5) is 24.4. The van der Waals surface area contributed by atoms with E-state index in [2.05, 4.69) is 25.9 Å². The summed E-state index contributed by atoms with van der Waals surface area (Å²) >= 11 is 3.20. The third-order valence-electron chi connectivity index (χ3n) is 4.35. The minimum absolute atomic E-state index is 0.0903. The van der Waals surface area contributed by atoms with Crippen molar-refractivity contribution in [2.75, 3.05) is 31.1 Å². The highest BCUT2D eigenvalue weighted by atomic mass is 79.9. The van der Waals surface area contributed by atoms with Gasteiger partial charge < -0.3 is 9.80 Å². The summed E-state index contributed by atoms with van der Waals surface area (Å²) in [7, 11) is 0. The van der Waals surface area contributed by atoms with Crippen molar-refractivity contribution in [3.63, 3.8) is 0 Å². The lowest BCUT2D eigenvalue weighted by Crippen LogP contribution is -2.35. The van der Waals surface area contributed by atoms with Crippen LogP contribution >= 0.6 is 15.9 Å². The fourth-order valence-corrected chi connectivity index (χ4v) is 3.61. The molecule has 0 N–H and O–H groups in total. The maximum atomic E-state index is 12.8. The molecule has 1 aliphatic heterocycles. The largest absolute Gasteiger partial charge is 0.417 e. The molecule has 0 saturated carbocycles. The predicted molar refractivity (Wildman–Crippen MR) is 98.6 cm³/mol. The van der Waals surface area contributed by atoms with Crippen molar-refractivity contribution in [2.45, 2.75) is 19.5 Å². The molecule has 9 heteroatoms. The quantitative estimate of drug-likeness (QED) is 0.707. The Bertz CT molecular complexity index is 844. The predicted octanol–water partition coefficient (Wildman–Crippen LogP) is 3.92. The molecule has 1 aliphatic rings. The van der Waals surface area contributed by atoms with Gasteiger partial charge in [0.15, 0.2) is 0 Å². The van der Waals surface area contributed by atoms with Gasteiger partial charge in [-0.1, -0.05) is 0 Å². The molecular weight excluding hydrogens is 425 g/mol. The number of hydrogen-bond donors (Lipinski definition) is 0. The zero-order valence-corrected chi connectivity index (χ0v) is 16.2. The Labute approximate surface area is 163 Å². The first kappa shape index (κ1) is 19.6. The van der Waals surface area contributed by atoms with E-state index in [1.54, 1.807) is 23.4 Å². The van der Waals surface area contributed by atoms with Crippen LogP contribution in [0, 0.1) is 6.92 Å². The molecule has 2 aromatic rings. The fourth-order valence-electron chi connectivity index (χ4n) is 3.01. The van der Waals surface area contributed by atoms with Crippen LogP contribution in [0.5, 0.6) is 0 Å². The molecule has 0 unspecified atom stereocenters. The average Bonchev–Trinajstić information content (AvgIpc) is 2.86. The molecule has 0 spiro atoms. The molecule has 27 heavy (non-hydrogen) atoms. The van der Waals surface area contributed by atoms with E-state index >= 15 is 0 Å². The van der Waals surface area contributed by atoms with E-state index in [0.29, 0.717) is 48.5 Å². The summed E-state index contributed by atoms with van der Waals surface area (Å²) in [5.74, 6) is 0.363. The summed E-state index contributed by atoms with van der Waals surface area (Å²) in [5, 5.41) is 0. The van der Waals surface area contributed by atoms with E-state index < -0.39 is 11.7 Å². The number of carbonyl (C=O) groups excluding carboxylic acids is 1. The highest BCUT2D eigenvalue weighted by molar-refractivity contribution is 9.10. The lowest BCUT2D eigenvalue weighted by molar-refractivity contribution is -0.137. The summed E-state index contributed by atoms with van der Waals surface area (Å²) in [6.07, 6.45) is 0.338. The second kappa shape index (κ2) is 7.84. The van der Waals surface area contributed by atoms with Crippen molar-refractivity contribution in [1.29, 1.82) is 0 Å². The number of hydrogen-bond acceptors (Lipinski definition) is 4. The molecule has 3 heterocycles. The maximum absolute atomic E-state index is 12.8. The van der Waals surface area contributed by atoms with Crippen molar-refractivity contribution < 1.29 is 18.0 Å². The van der Waals surface area contributed by atoms with Crippen LogP contribution in [0.3, 0.4) is 0 Å². The minimum atomic E-state index is -4.43. The number of halogens is 4. The Morgan fingerprint density at radius 1 is 1.11 bits per heavy atom. The van der Waals surface area contributed by atoms with Crippen molar-refractivity contribution in [3.8, 4) is 0 Å². The van der Waals surface area contributed by atoms with Gasteiger partial charge in [-0.15, -0.1) is 0 Å². The monoisotopic (exact) mass is 442 g/mol. The SMILES string of the molecule is Cc1cncc(C(=O)N2CCCN(c3ncc(C(F)(F)F)cc3Br)CC2)c1. The zero-order valence-electron chi connectivity index (χ0n) is 14.6. The number of aryl methyl sites for hydroxylation is 1. The number of pyridine rings is 2. The first-order valence-corrected chi connectivity index (χ1v) is 9.23. The molecule has 0 aromatic carbocycles. The molecule has 0 bridgehead atoms. The lowest BCUT2D eigenvalue weighted by Gasteiger charge is -2.24. The van der Waals surface area contributed by atoms with E-state index in [9.17, 15) is 18.0 Å². The van der Waals surface area contributed by atoms with Gasteiger partial charge in [0.2, 0.25) is 0 Å². The Morgan fingerprint density at radius 3 is 2.56 bits per heavy atom. The topological polar surface area (TPSA) is 49.3 Å². The Balaban J connectivity index is 1.72. The van der Waals surface area contributed by atoms with Crippen LogP contribution in [0.4, 0.5) is 19.0 Å². The second-order valence-corrected chi connectivity index (χ2v) is 7.27. The minimum Gasteiger partial charge on any atom is -0.354 e. The third-order valence-corrected chi connectivity index (χ3v) is 4.94. The van der Waals surface area contributed by atoms with Gasteiger partial charge >= 0.3 is 6.18 Å². The maximum Gasteiger partial charge on any atom is 0.417 e. The smallest absolute Gasteiger partial charge is 0.354 e. The number of aromatic nitrogens is 2. The van der Waals surface area contributed by atoms with Crippen LogP contribution in [0.1, 0.15) is 27.9 Å². The lowest BCUT2D eigenvalue weighted by atomic mass is 10.2. The normalized spacial score (nSPS) is 15.6. The third kappa shape index (κ3) is 4.58. The van der Waals surface area contributed by atoms with E-state index in [1.807, 2.05) is 11.8 Å². The summed E-state index contributed by atoms with van der Waals surface area (Å²) in [6.45, 7) is 4.00. The van der Waals surface area contributed by atoms with Crippen LogP contribution in [0.15, 0.2) is 35.2 Å². The number of nitrogens with zero attached hydrogens (tertiary/aromatic N) is 4. The molecular formula is C18H18BrF3N4O. The van der Waals surface area contributed by atoms with Crippen molar-refractivity contribution in [3.05, 3.63) is 51.9 Å². The van der Waals surface area contributed by atoms with Gasteiger partial charge in [0, 0.05) is 44.8 Å². The van der Waals surface area contributed by atoms with Crippen molar-refractivity contribution in [2.24, 2.45) is 0 Å². The molecule has 144 valence electrons. The van der Waals surface area contributed by atoms with E-state index in [0.717, 1.165) is 17.8 Å². The van der Waals surface area contributed by atoms with Crippen LogP contribution in [-0.4, -0.2) is 47.0 Å². The van der Waals surface area contributed by atoms with Gasteiger partial charge in [-0.05, 0) is 47.0 Å². The molecule has 3 rings (SSSR count). The molecule has 1 amide bonds. The molecule has 0 radical (unpaired) electrons. The van der Waals surface area contributed by atoms with Gasteiger partial charge in [0.1, 0.15) is 5.82 Å². The van der Waals surface area contributed by atoms with Gasteiger partial charge in [-0.25, -0.2) is 4.98 Å². The highest BCUT2D eigenvalue weighted by Gasteiger charge is 2.32. The van der Waals surface area contributed by atoms with Gasteiger partial charge in [-0.2, -0.15) is 13.2 Å². The van der Waals surface area contributed by atoms with E-state index in [1.165, 1.54) is 0 Å². The van der Waals surface area contributed by atoms with Crippen LogP contribution in [0.25, 0.3) is 0 Å². The van der Waals surface area contributed by atoms with Gasteiger partial charge in [0.25, 0.3) is 5.91 Å². The van der Waals surface area contributed by atoms with Crippen LogP contribution < -0.4 is 4.90 Å². The molecule has 1 saturated heterocycles. The van der Waals surface area contributed by atoms with E-state index in [4.69, 9.17) is 0 Å². The first-order chi connectivity index (χ1) is 12.8.